The summed E-state index contributed by atoms with van der Waals surface area (Å²) in [6.45, 7) is 11.9. The van der Waals surface area contributed by atoms with Gasteiger partial charge in [-0.15, -0.1) is 0 Å². The molecule has 1 aromatic heterocycles. The van der Waals surface area contributed by atoms with Gasteiger partial charge in [-0.1, -0.05) is 49.2 Å². The Morgan fingerprint density at radius 3 is 2.54 bits per heavy atom. The molecule has 2 nitrogen and oxygen atoms in total. The summed E-state index contributed by atoms with van der Waals surface area (Å²) in [5.41, 5.74) is 6.54. The van der Waals surface area contributed by atoms with Crippen molar-refractivity contribution in [2.24, 2.45) is 7.05 Å². The first-order valence-corrected chi connectivity index (χ1v) is 9.97. The van der Waals surface area contributed by atoms with E-state index in [9.17, 15) is 0 Å². The molecule has 144 valence electrons. The molecule has 0 unspecified atom stereocenters. The molecule has 0 aliphatic heterocycles. The molecule has 0 saturated heterocycles. The normalized spacial score (nSPS) is 10.3. The van der Waals surface area contributed by atoms with Gasteiger partial charge < -0.3 is 9.30 Å². The molecule has 0 amide bonds. The van der Waals surface area contributed by atoms with Gasteiger partial charge in [-0.2, -0.15) is 0 Å². The maximum absolute atomic E-state index is 5.97. The number of ether oxygens (including phenoxy) is 1. The quantitative estimate of drug-likeness (QED) is 0.454. The third kappa shape index (κ3) is 7.39. The molecule has 0 bridgehead atoms. The number of unbranched alkanes of at least 4 members (excludes halogenated alkanes) is 1. The van der Waals surface area contributed by atoms with Gasteiger partial charge in [0.15, 0.2) is 0 Å². The third-order valence-corrected chi connectivity index (χ3v) is 4.48. The summed E-state index contributed by atoms with van der Waals surface area (Å²) in [7, 11) is 2.16. The highest BCUT2D eigenvalue weighted by atomic mass is 35.5. The van der Waals surface area contributed by atoms with E-state index in [4.69, 9.17) is 16.3 Å². The van der Waals surface area contributed by atoms with Crippen LogP contribution in [-0.4, -0.2) is 11.2 Å². The lowest BCUT2D eigenvalue weighted by molar-refractivity contribution is 0.117. The van der Waals surface area contributed by atoms with E-state index >= 15 is 0 Å². The first-order valence-electron chi connectivity index (χ1n) is 9.59. The molecular weight excluding hydrogens is 342 g/mol. The average molecular weight is 376 g/mol. The average Bonchev–Trinajstić information content (AvgIpc) is 2.87. The summed E-state index contributed by atoms with van der Waals surface area (Å²) in [5.74, 6) is 0. The molecule has 0 atom stereocenters. The van der Waals surface area contributed by atoms with E-state index in [1.165, 1.54) is 22.5 Å². The predicted molar refractivity (Wildman–Crippen MR) is 115 cm³/mol. The smallest absolute Gasteiger partial charge is 0.0717 e. The summed E-state index contributed by atoms with van der Waals surface area (Å²) in [4.78, 5) is 0. The van der Waals surface area contributed by atoms with Gasteiger partial charge in [0.2, 0.25) is 0 Å². The topological polar surface area (TPSA) is 14.2 Å². The Balaban J connectivity index is 0.00000163. The number of aryl methyl sites for hydroxylation is 1. The lowest BCUT2D eigenvalue weighted by Gasteiger charge is -2.06. The second-order valence-electron chi connectivity index (χ2n) is 6.60. The molecule has 3 heteroatoms. The van der Waals surface area contributed by atoms with Gasteiger partial charge >= 0.3 is 0 Å². The largest absolute Gasteiger partial charge is 0.377 e. The Kier molecular flexibility index (Phi) is 10.4. The highest BCUT2D eigenvalue weighted by molar-refractivity contribution is 6.30. The van der Waals surface area contributed by atoms with E-state index in [1.54, 1.807) is 0 Å². The molecule has 0 fully saturated rings. The zero-order valence-corrected chi connectivity index (χ0v) is 18.0. The van der Waals surface area contributed by atoms with E-state index < -0.39 is 0 Å². The first-order chi connectivity index (χ1) is 12.5. The third-order valence-electron chi connectivity index (χ3n) is 4.25. The Labute approximate surface area is 164 Å². The van der Waals surface area contributed by atoms with E-state index in [0.29, 0.717) is 6.61 Å². The molecule has 2 rings (SSSR count). The van der Waals surface area contributed by atoms with Gasteiger partial charge in [0.05, 0.1) is 6.61 Å². The highest BCUT2D eigenvalue weighted by Crippen LogP contribution is 2.19. The van der Waals surface area contributed by atoms with Crippen molar-refractivity contribution in [2.45, 2.75) is 60.5 Å². The van der Waals surface area contributed by atoms with Crippen LogP contribution in [0.5, 0.6) is 0 Å². The minimum Gasteiger partial charge on any atom is -0.377 e. The second-order valence-corrected chi connectivity index (χ2v) is 7.03. The van der Waals surface area contributed by atoms with Crippen LogP contribution in [0.2, 0.25) is 5.02 Å². The first kappa shape index (κ1) is 22.5. The molecule has 1 heterocycles. The monoisotopic (exact) mass is 375 g/mol. The zero-order chi connectivity index (χ0) is 19.5. The molecule has 0 spiro atoms. The summed E-state index contributed by atoms with van der Waals surface area (Å²) >= 11 is 5.97. The van der Waals surface area contributed by atoms with Gasteiger partial charge in [-0.25, -0.2) is 0 Å². The van der Waals surface area contributed by atoms with E-state index in [1.807, 2.05) is 38.1 Å². The van der Waals surface area contributed by atoms with Gasteiger partial charge in [0.25, 0.3) is 0 Å². The van der Waals surface area contributed by atoms with Crippen molar-refractivity contribution in [1.82, 2.24) is 4.57 Å². The fraction of sp³-hybridized carbons (Fsp3) is 0.478. The lowest BCUT2D eigenvalue weighted by Crippen LogP contribution is -2.00. The van der Waals surface area contributed by atoms with Gasteiger partial charge in [-0.3, -0.25) is 0 Å². The Hall–Kier alpha value is -1.51. The minimum atomic E-state index is 0.633. The van der Waals surface area contributed by atoms with Crippen molar-refractivity contribution in [2.75, 3.05) is 6.61 Å². The molecule has 2 aromatic rings. The zero-order valence-electron chi connectivity index (χ0n) is 17.2. The number of benzene rings is 1. The van der Waals surface area contributed by atoms with Gasteiger partial charge in [-0.05, 0) is 69.4 Å². The number of allylic oxidation sites excluding steroid dienone is 1. The summed E-state index contributed by atoms with van der Waals surface area (Å²) in [6, 6.07) is 10.2. The molecular formula is C23H34ClNO. The molecule has 0 aliphatic carbocycles. The van der Waals surface area contributed by atoms with Gasteiger partial charge in [0.1, 0.15) is 0 Å². The fourth-order valence-electron chi connectivity index (χ4n) is 2.81. The van der Waals surface area contributed by atoms with Crippen LogP contribution in [0.4, 0.5) is 0 Å². The maximum Gasteiger partial charge on any atom is 0.0717 e. The van der Waals surface area contributed by atoms with Crippen molar-refractivity contribution in [3.8, 4) is 0 Å². The second kappa shape index (κ2) is 12.0. The van der Waals surface area contributed by atoms with Crippen LogP contribution in [0.25, 0.3) is 6.08 Å². The molecule has 0 saturated carbocycles. The van der Waals surface area contributed by atoms with Crippen LogP contribution in [-0.2, 0) is 24.8 Å². The fourth-order valence-corrected chi connectivity index (χ4v) is 3.03. The molecule has 1 aromatic carbocycles. The van der Waals surface area contributed by atoms with Crippen molar-refractivity contribution < 1.29 is 4.74 Å². The summed E-state index contributed by atoms with van der Waals surface area (Å²) in [6.07, 6.45) is 5.56. The van der Waals surface area contributed by atoms with Crippen LogP contribution in [0.1, 0.15) is 63.1 Å². The number of aromatic nitrogens is 1. The highest BCUT2D eigenvalue weighted by Gasteiger charge is 2.07. The van der Waals surface area contributed by atoms with E-state index in [2.05, 4.69) is 44.5 Å². The van der Waals surface area contributed by atoms with Crippen LogP contribution in [0.15, 0.2) is 35.9 Å². The van der Waals surface area contributed by atoms with Crippen molar-refractivity contribution >= 4 is 17.7 Å². The van der Waals surface area contributed by atoms with Crippen molar-refractivity contribution in [3.63, 3.8) is 0 Å². The molecule has 0 N–H and O–H groups in total. The Morgan fingerprint density at radius 2 is 1.88 bits per heavy atom. The van der Waals surface area contributed by atoms with Gasteiger partial charge in [0, 0.05) is 30.1 Å². The number of nitrogens with zero attached hydrogens (tertiary/aromatic N) is 1. The Morgan fingerprint density at radius 1 is 1.15 bits per heavy atom. The van der Waals surface area contributed by atoms with Crippen LogP contribution in [0, 0.1) is 6.92 Å². The lowest BCUT2D eigenvalue weighted by atomic mass is 10.1. The Bertz CT molecular complexity index is 696. The number of halogens is 1. The van der Waals surface area contributed by atoms with Crippen LogP contribution in [0.3, 0.4) is 0 Å². The minimum absolute atomic E-state index is 0.633. The number of hydrogen-bond acceptors (Lipinski definition) is 1. The number of rotatable bonds is 8. The van der Waals surface area contributed by atoms with E-state index in [-0.39, 0.29) is 0 Å². The van der Waals surface area contributed by atoms with E-state index in [0.717, 1.165) is 36.5 Å². The van der Waals surface area contributed by atoms with Crippen molar-refractivity contribution in [1.29, 1.82) is 0 Å². The molecule has 0 aliphatic rings. The van der Waals surface area contributed by atoms with Crippen LogP contribution < -0.4 is 0 Å². The molecule has 26 heavy (non-hydrogen) atoms. The standard InChI is InChI=1S/C21H28ClNO.C2H6/c1-16(2)12-19-14-21(23(4)17(19)3)10-5-6-11-24-15-18-8-7-9-20(22)13-18;1-2/h7-9,12-14H,5-6,10-11,15H2,1-4H3;1-2H3. The van der Waals surface area contributed by atoms with Crippen LogP contribution >= 0.6 is 11.6 Å². The SMILES string of the molecule is CC.CC(C)=Cc1cc(CCCCOCc2cccc(Cl)c2)n(C)c1C. The summed E-state index contributed by atoms with van der Waals surface area (Å²) in [5, 5.41) is 0.766. The van der Waals surface area contributed by atoms with Crippen molar-refractivity contribution in [3.05, 3.63) is 63.4 Å². The predicted octanol–water partition coefficient (Wildman–Crippen LogP) is 6.98. The summed E-state index contributed by atoms with van der Waals surface area (Å²) < 4.78 is 8.06. The maximum atomic E-state index is 5.97. The number of hydrogen-bond donors (Lipinski definition) is 0. The molecule has 0 radical (unpaired) electrons.